The van der Waals surface area contributed by atoms with Gasteiger partial charge in [-0.1, -0.05) is 6.07 Å². The second-order valence-electron chi connectivity index (χ2n) is 6.02. The van der Waals surface area contributed by atoms with Gasteiger partial charge in [0, 0.05) is 19.0 Å². The summed E-state index contributed by atoms with van der Waals surface area (Å²) in [5.41, 5.74) is 3.27. The monoisotopic (exact) mass is 324 g/mol. The highest BCUT2D eigenvalue weighted by atomic mass is 16.7. The topological polar surface area (TPSA) is 52.5 Å². The van der Waals surface area contributed by atoms with Gasteiger partial charge in [0.1, 0.15) is 0 Å². The summed E-state index contributed by atoms with van der Waals surface area (Å²) in [5, 5.41) is 6.71. The Morgan fingerprint density at radius 2 is 1.54 bits per heavy atom. The van der Waals surface area contributed by atoms with Crippen LogP contribution in [0.25, 0.3) is 0 Å². The van der Waals surface area contributed by atoms with Crippen molar-refractivity contribution in [2.45, 2.75) is 12.5 Å². The van der Waals surface area contributed by atoms with Gasteiger partial charge in [0.25, 0.3) is 0 Å². The van der Waals surface area contributed by atoms with Crippen LogP contribution in [0.2, 0.25) is 0 Å². The van der Waals surface area contributed by atoms with Gasteiger partial charge in [-0.15, -0.1) is 0 Å². The molecule has 3 aliphatic rings. The molecule has 5 rings (SSSR count). The second-order valence-corrected chi connectivity index (χ2v) is 6.02. The average molecular weight is 324 g/mol. The average Bonchev–Trinajstić information content (AvgIpc) is 3.32. The molecule has 0 radical (unpaired) electrons. The lowest BCUT2D eigenvalue weighted by atomic mass is 9.98. The molecular weight excluding hydrogens is 308 g/mol. The van der Waals surface area contributed by atoms with Crippen molar-refractivity contribution in [3.8, 4) is 23.0 Å². The maximum Gasteiger partial charge on any atom is 0.231 e. The molecule has 0 fully saturated rings. The minimum Gasteiger partial charge on any atom is -0.454 e. The van der Waals surface area contributed by atoms with E-state index in [-0.39, 0.29) is 19.6 Å². The highest BCUT2D eigenvalue weighted by Gasteiger charge is 2.28. The van der Waals surface area contributed by atoms with Crippen molar-refractivity contribution in [1.82, 2.24) is 5.01 Å². The number of hydrogen-bond donors (Lipinski definition) is 0. The Kier molecular flexibility index (Phi) is 2.85. The molecule has 0 aliphatic carbocycles. The fourth-order valence-corrected chi connectivity index (χ4v) is 3.32. The molecule has 0 N–H and O–H groups in total. The van der Waals surface area contributed by atoms with Crippen molar-refractivity contribution in [2.75, 3.05) is 20.6 Å². The van der Waals surface area contributed by atoms with Crippen molar-refractivity contribution in [3.63, 3.8) is 0 Å². The molecule has 6 heteroatoms. The van der Waals surface area contributed by atoms with Crippen LogP contribution in [-0.2, 0) is 0 Å². The summed E-state index contributed by atoms with van der Waals surface area (Å²) in [5.74, 6) is 3.18. The molecular formula is C18H16N2O4. The number of hydrogen-bond acceptors (Lipinski definition) is 6. The lowest BCUT2D eigenvalue weighted by Gasteiger charge is -2.19. The number of benzene rings is 2. The summed E-state index contributed by atoms with van der Waals surface area (Å²) in [7, 11) is 2.00. The van der Waals surface area contributed by atoms with E-state index >= 15 is 0 Å². The molecule has 6 nitrogen and oxygen atoms in total. The molecule has 0 amide bonds. The molecule has 3 aliphatic heterocycles. The third kappa shape index (κ3) is 2.06. The van der Waals surface area contributed by atoms with Crippen LogP contribution in [0.3, 0.4) is 0 Å². The fourth-order valence-electron chi connectivity index (χ4n) is 3.32. The Bertz CT molecular complexity index is 849. The molecule has 0 saturated heterocycles. The second kappa shape index (κ2) is 5.06. The fraction of sp³-hybridized carbons (Fsp3) is 0.278. The molecule has 2 aromatic rings. The van der Waals surface area contributed by atoms with Crippen molar-refractivity contribution >= 4 is 5.71 Å². The zero-order valence-corrected chi connectivity index (χ0v) is 13.2. The van der Waals surface area contributed by atoms with Gasteiger partial charge in [0.05, 0.1) is 11.8 Å². The molecule has 2 aromatic carbocycles. The number of nitrogens with zero attached hydrogens (tertiary/aromatic N) is 2. The maximum absolute atomic E-state index is 5.49. The van der Waals surface area contributed by atoms with Crippen LogP contribution in [0, 0.1) is 0 Å². The summed E-state index contributed by atoms with van der Waals surface area (Å²) in [6.07, 6.45) is 0.829. The molecule has 3 heterocycles. The largest absolute Gasteiger partial charge is 0.454 e. The van der Waals surface area contributed by atoms with E-state index in [1.807, 2.05) is 42.4 Å². The van der Waals surface area contributed by atoms with E-state index in [1.54, 1.807) is 0 Å². The minimum atomic E-state index is 0.180. The van der Waals surface area contributed by atoms with Crippen LogP contribution in [0.15, 0.2) is 41.5 Å². The molecule has 122 valence electrons. The molecule has 24 heavy (non-hydrogen) atoms. The van der Waals surface area contributed by atoms with Crippen molar-refractivity contribution in [3.05, 3.63) is 47.5 Å². The van der Waals surface area contributed by atoms with E-state index in [9.17, 15) is 0 Å². The van der Waals surface area contributed by atoms with Gasteiger partial charge in [-0.3, -0.25) is 5.01 Å². The zero-order chi connectivity index (χ0) is 16.1. The molecule has 0 bridgehead atoms. The predicted molar refractivity (Wildman–Crippen MR) is 86.8 cm³/mol. The quantitative estimate of drug-likeness (QED) is 0.850. The van der Waals surface area contributed by atoms with Gasteiger partial charge < -0.3 is 18.9 Å². The van der Waals surface area contributed by atoms with E-state index in [0.717, 1.165) is 40.7 Å². The van der Waals surface area contributed by atoms with Gasteiger partial charge >= 0.3 is 0 Å². The van der Waals surface area contributed by atoms with Crippen LogP contribution < -0.4 is 18.9 Å². The van der Waals surface area contributed by atoms with Gasteiger partial charge in [-0.2, -0.15) is 5.10 Å². The third-order valence-corrected chi connectivity index (χ3v) is 4.60. The zero-order valence-electron chi connectivity index (χ0n) is 13.2. The number of hydrazone groups is 1. The van der Waals surface area contributed by atoms with Crippen molar-refractivity contribution in [1.29, 1.82) is 0 Å². The third-order valence-electron chi connectivity index (χ3n) is 4.60. The molecule has 1 atom stereocenters. The van der Waals surface area contributed by atoms with E-state index in [1.165, 1.54) is 5.56 Å². The van der Waals surface area contributed by atoms with E-state index < -0.39 is 0 Å². The smallest absolute Gasteiger partial charge is 0.231 e. The standard InChI is InChI=1S/C18H16N2O4/c1-20-14(12-3-5-16-18(7-12)24-10-22-16)8-13(19-20)11-2-4-15-17(6-11)23-9-21-15/h2-7,14H,8-10H2,1H3/t14-/m1/s1. The summed E-state index contributed by atoms with van der Waals surface area (Å²) < 4.78 is 21.7. The Labute approximate surface area is 139 Å². The molecule has 0 aromatic heterocycles. The van der Waals surface area contributed by atoms with Crippen LogP contribution in [0.5, 0.6) is 23.0 Å². The highest BCUT2D eigenvalue weighted by Crippen LogP contribution is 2.39. The number of fused-ring (bicyclic) bond motifs is 2. The van der Waals surface area contributed by atoms with Gasteiger partial charge in [-0.25, -0.2) is 0 Å². The van der Waals surface area contributed by atoms with E-state index in [0.29, 0.717) is 0 Å². The molecule has 0 saturated carbocycles. The van der Waals surface area contributed by atoms with E-state index in [4.69, 9.17) is 24.0 Å². The first-order valence-electron chi connectivity index (χ1n) is 7.88. The summed E-state index contributed by atoms with van der Waals surface area (Å²) in [6.45, 7) is 0.573. The van der Waals surface area contributed by atoms with Gasteiger partial charge in [0.2, 0.25) is 13.6 Å². The molecule has 0 spiro atoms. The van der Waals surface area contributed by atoms with Crippen molar-refractivity contribution < 1.29 is 18.9 Å². The van der Waals surface area contributed by atoms with Crippen LogP contribution in [0.1, 0.15) is 23.6 Å². The minimum absolute atomic E-state index is 0.180. The van der Waals surface area contributed by atoms with E-state index in [2.05, 4.69) is 6.07 Å². The van der Waals surface area contributed by atoms with Crippen LogP contribution in [-0.4, -0.2) is 31.4 Å². The number of ether oxygens (including phenoxy) is 4. The summed E-state index contributed by atoms with van der Waals surface area (Å²) in [4.78, 5) is 0. The first kappa shape index (κ1) is 13.5. The van der Waals surface area contributed by atoms with Gasteiger partial charge in [-0.05, 0) is 35.9 Å². The Morgan fingerprint density at radius 1 is 0.875 bits per heavy atom. The Hall–Kier alpha value is -2.89. The Balaban J connectivity index is 1.42. The first-order valence-corrected chi connectivity index (χ1v) is 7.88. The highest BCUT2D eigenvalue weighted by molar-refractivity contribution is 6.02. The van der Waals surface area contributed by atoms with Crippen LogP contribution in [0.4, 0.5) is 0 Å². The molecule has 0 unspecified atom stereocenters. The van der Waals surface area contributed by atoms with Gasteiger partial charge in [0.15, 0.2) is 23.0 Å². The van der Waals surface area contributed by atoms with Crippen molar-refractivity contribution in [2.24, 2.45) is 5.10 Å². The maximum atomic E-state index is 5.49. The van der Waals surface area contributed by atoms with Crippen LogP contribution >= 0.6 is 0 Å². The number of rotatable bonds is 2. The first-order chi connectivity index (χ1) is 11.8. The SMILES string of the molecule is CN1N=C(c2ccc3c(c2)OCO3)C[C@@H]1c1ccc2c(c1)OCO2. The summed E-state index contributed by atoms with van der Waals surface area (Å²) >= 11 is 0. The predicted octanol–water partition coefficient (Wildman–Crippen LogP) is 2.92. The summed E-state index contributed by atoms with van der Waals surface area (Å²) in [6, 6.07) is 12.2. The Morgan fingerprint density at radius 3 is 2.33 bits per heavy atom. The normalized spacial score (nSPS) is 20.5. The lowest BCUT2D eigenvalue weighted by molar-refractivity contribution is 0.173. The lowest BCUT2D eigenvalue weighted by Crippen LogP contribution is -2.13.